The normalized spacial score (nSPS) is 23.7. The molecule has 1 heterocycles. The summed E-state index contributed by atoms with van der Waals surface area (Å²) in [6.07, 6.45) is 2.31. The van der Waals surface area contributed by atoms with Gasteiger partial charge >= 0.3 is 5.97 Å². The van der Waals surface area contributed by atoms with Crippen molar-refractivity contribution in [3.05, 3.63) is 33.3 Å². The van der Waals surface area contributed by atoms with Crippen molar-refractivity contribution in [2.45, 2.75) is 38.3 Å². The number of carbonyl (C=O) groups is 1. The van der Waals surface area contributed by atoms with E-state index in [1.54, 1.807) is 0 Å². The van der Waals surface area contributed by atoms with Crippen molar-refractivity contribution < 1.29 is 9.90 Å². The molecule has 1 aromatic rings. The summed E-state index contributed by atoms with van der Waals surface area (Å²) in [5, 5.41) is 10.2. The van der Waals surface area contributed by atoms with Gasteiger partial charge < -0.3 is 5.11 Å². The molecule has 0 aromatic heterocycles. The van der Waals surface area contributed by atoms with Gasteiger partial charge in [0.2, 0.25) is 0 Å². The van der Waals surface area contributed by atoms with Gasteiger partial charge in [-0.05, 0) is 59.4 Å². The van der Waals surface area contributed by atoms with Crippen molar-refractivity contribution in [3.63, 3.8) is 0 Å². The van der Waals surface area contributed by atoms with Crippen molar-refractivity contribution >= 4 is 33.5 Å². The lowest BCUT2D eigenvalue weighted by Crippen LogP contribution is -2.49. The highest BCUT2D eigenvalue weighted by molar-refractivity contribution is 9.10. The number of carboxylic acid groups (broad SMARTS) is 1. The molecule has 0 aliphatic carbocycles. The SMILES string of the molecule is CCC1(C(=O)O)CCCN1Cc1ccc(Cl)c(Br)c1. The van der Waals surface area contributed by atoms with Gasteiger partial charge in [-0.1, -0.05) is 24.6 Å². The number of carboxylic acids is 1. The van der Waals surface area contributed by atoms with E-state index < -0.39 is 11.5 Å². The Morgan fingerprint density at radius 3 is 2.89 bits per heavy atom. The number of hydrogen-bond donors (Lipinski definition) is 1. The van der Waals surface area contributed by atoms with E-state index >= 15 is 0 Å². The molecule has 104 valence electrons. The second-order valence-electron chi connectivity index (χ2n) is 4.96. The number of nitrogens with zero attached hydrogens (tertiary/aromatic N) is 1. The lowest BCUT2D eigenvalue weighted by Gasteiger charge is -2.34. The Balaban J connectivity index is 2.21. The van der Waals surface area contributed by atoms with E-state index in [9.17, 15) is 9.90 Å². The minimum Gasteiger partial charge on any atom is -0.480 e. The second kappa shape index (κ2) is 5.81. The quantitative estimate of drug-likeness (QED) is 0.898. The van der Waals surface area contributed by atoms with Crippen LogP contribution in [0.4, 0.5) is 0 Å². The molecule has 5 heteroatoms. The van der Waals surface area contributed by atoms with Crippen LogP contribution in [-0.4, -0.2) is 28.1 Å². The molecule has 0 amide bonds. The molecule has 1 aliphatic rings. The van der Waals surface area contributed by atoms with Gasteiger partial charge in [-0.2, -0.15) is 0 Å². The predicted octanol–water partition coefficient (Wildman–Crippen LogP) is 3.93. The fourth-order valence-corrected chi connectivity index (χ4v) is 3.36. The van der Waals surface area contributed by atoms with Crippen LogP contribution in [0.3, 0.4) is 0 Å². The maximum atomic E-state index is 11.6. The summed E-state index contributed by atoms with van der Waals surface area (Å²) >= 11 is 9.38. The topological polar surface area (TPSA) is 40.5 Å². The first kappa shape index (κ1) is 14.8. The average molecular weight is 347 g/mol. The van der Waals surface area contributed by atoms with Crippen LogP contribution in [0.25, 0.3) is 0 Å². The van der Waals surface area contributed by atoms with E-state index in [4.69, 9.17) is 11.6 Å². The Kier molecular flexibility index (Phi) is 4.54. The fraction of sp³-hybridized carbons (Fsp3) is 0.500. The highest BCUT2D eigenvalue weighted by Crippen LogP contribution is 2.34. The predicted molar refractivity (Wildman–Crippen MR) is 79.5 cm³/mol. The summed E-state index contributed by atoms with van der Waals surface area (Å²) in [7, 11) is 0. The minimum atomic E-state index is -0.708. The number of aliphatic carboxylic acids is 1. The molecule has 1 fully saturated rings. The van der Waals surface area contributed by atoms with Gasteiger partial charge in [0.25, 0.3) is 0 Å². The van der Waals surface area contributed by atoms with E-state index in [1.807, 2.05) is 25.1 Å². The summed E-state index contributed by atoms with van der Waals surface area (Å²) in [6, 6.07) is 5.75. The highest BCUT2D eigenvalue weighted by atomic mass is 79.9. The van der Waals surface area contributed by atoms with Crippen molar-refractivity contribution in [2.75, 3.05) is 6.54 Å². The molecule has 1 unspecified atom stereocenters. The lowest BCUT2D eigenvalue weighted by molar-refractivity contribution is -0.150. The first-order valence-corrected chi connectivity index (χ1v) is 7.59. The third kappa shape index (κ3) is 2.81. The Labute approximate surface area is 126 Å². The first-order chi connectivity index (χ1) is 8.99. The van der Waals surface area contributed by atoms with Crippen LogP contribution in [0, 0.1) is 0 Å². The summed E-state index contributed by atoms with van der Waals surface area (Å²) in [5.41, 5.74) is 0.379. The highest BCUT2D eigenvalue weighted by Gasteiger charge is 2.45. The van der Waals surface area contributed by atoms with Gasteiger partial charge in [0, 0.05) is 11.0 Å². The first-order valence-electron chi connectivity index (χ1n) is 6.42. The zero-order valence-electron chi connectivity index (χ0n) is 10.8. The van der Waals surface area contributed by atoms with Crippen LogP contribution in [0.15, 0.2) is 22.7 Å². The summed E-state index contributed by atoms with van der Waals surface area (Å²) in [6.45, 7) is 3.43. The number of likely N-dealkylation sites (tertiary alicyclic amines) is 1. The fourth-order valence-electron chi connectivity index (χ4n) is 2.82. The summed E-state index contributed by atoms with van der Waals surface area (Å²) in [5.74, 6) is -0.708. The summed E-state index contributed by atoms with van der Waals surface area (Å²) < 4.78 is 0.850. The monoisotopic (exact) mass is 345 g/mol. The maximum absolute atomic E-state index is 11.6. The molecule has 1 saturated heterocycles. The molecule has 1 N–H and O–H groups in total. The Morgan fingerprint density at radius 1 is 1.58 bits per heavy atom. The van der Waals surface area contributed by atoms with Crippen LogP contribution >= 0.6 is 27.5 Å². The van der Waals surface area contributed by atoms with Crippen molar-refractivity contribution in [1.29, 1.82) is 0 Å². The van der Waals surface area contributed by atoms with Crippen LogP contribution in [0.5, 0.6) is 0 Å². The molecule has 1 atom stereocenters. The molecular weight excluding hydrogens is 330 g/mol. The van der Waals surface area contributed by atoms with Gasteiger partial charge in [-0.15, -0.1) is 0 Å². The smallest absolute Gasteiger partial charge is 0.324 e. The Morgan fingerprint density at radius 2 is 2.32 bits per heavy atom. The van der Waals surface area contributed by atoms with Gasteiger partial charge in [-0.25, -0.2) is 0 Å². The van der Waals surface area contributed by atoms with Crippen molar-refractivity contribution in [1.82, 2.24) is 4.90 Å². The zero-order valence-corrected chi connectivity index (χ0v) is 13.2. The largest absolute Gasteiger partial charge is 0.480 e. The number of halogens is 2. The van der Waals surface area contributed by atoms with Crippen molar-refractivity contribution in [3.8, 4) is 0 Å². The lowest BCUT2D eigenvalue weighted by atomic mass is 9.92. The molecule has 1 aromatic carbocycles. The minimum absolute atomic E-state index is 0.636. The van der Waals surface area contributed by atoms with Crippen molar-refractivity contribution in [2.24, 2.45) is 0 Å². The van der Waals surface area contributed by atoms with Gasteiger partial charge in [0.1, 0.15) is 5.54 Å². The van der Waals surface area contributed by atoms with E-state index in [-0.39, 0.29) is 0 Å². The van der Waals surface area contributed by atoms with Gasteiger partial charge in [0.15, 0.2) is 0 Å². The van der Waals surface area contributed by atoms with Crippen LogP contribution < -0.4 is 0 Å². The van der Waals surface area contributed by atoms with Gasteiger partial charge in [-0.3, -0.25) is 9.69 Å². The molecule has 0 bridgehead atoms. The molecular formula is C14H17BrClNO2. The molecule has 2 rings (SSSR count). The number of rotatable bonds is 4. The molecule has 0 saturated carbocycles. The average Bonchev–Trinajstić information content (AvgIpc) is 2.78. The van der Waals surface area contributed by atoms with E-state index in [2.05, 4.69) is 20.8 Å². The standard InChI is InChI=1S/C14H17BrClNO2/c1-2-14(13(18)19)6-3-7-17(14)9-10-4-5-12(16)11(15)8-10/h4-5,8H,2-3,6-7,9H2,1H3,(H,18,19). The van der Waals surface area contributed by atoms with Crippen LogP contribution in [0.1, 0.15) is 31.7 Å². The second-order valence-corrected chi connectivity index (χ2v) is 6.23. The van der Waals surface area contributed by atoms with Crippen LogP contribution in [0.2, 0.25) is 5.02 Å². The molecule has 0 spiro atoms. The molecule has 3 nitrogen and oxygen atoms in total. The third-order valence-corrected chi connectivity index (χ3v) is 5.18. The molecule has 19 heavy (non-hydrogen) atoms. The Hall–Kier alpha value is -0.580. The number of hydrogen-bond acceptors (Lipinski definition) is 2. The molecule has 0 radical (unpaired) electrons. The molecule has 1 aliphatic heterocycles. The van der Waals surface area contributed by atoms with Gasteiger partial charge in [0.05, 0.1) is 5.02 Å². The van der Waals surface area contributed by atoms with E-state index in [1.165, 1.54) is 0 Å². The summed E-state index contributed by atoms with van der Waals surface area (Å²) in [4.78, 5) is 13.7. The Bertz CT molecular complexity index is 494. The van der Waals surface area contributed by atoms with E-state index in [0.717, 1.165) is 29.4 Å². The maximum Gasteiger partial charge on any atom is 0.324 e. The number of benzene rings is 1. The zero-order chi connectivity index (χ0) is 14.0. The van der Waals surface area contributed by atoms with Crippen LogP contribution in [-0.2, 0) is 11.3 Å². The third-order valence-electron chi connectivity index (χ3n) is 3.96. The van der Waals surface area contributed by atoms with E-state index in [0.29, 0.717) is 18.0 Å².